The highest BCUT2D eigenvalue weighted by Crippen LogP contribution is 2.25. The molecule has 172 valence electrons. The van der Waals surface area contributed by atoms with Crippen LogP contribution in [0, 0.1) is 5.92 Å². The molecule has 2 fully saturated rings. The van der Waals surface area contributed by atoms with Crippen molar-refractivity contribution in [3.05, 3.63) is 65.2 Å². The van der Waals surface area contributed by atoms with Crippen LogP contribution >= 0.6 is 11.6 Å². The molecule has 0 spiro atoms. The normalized spacial score (nSPS) is 21.3. The third-order valence-corrected chi connectivity index (χ3v) is 8.54. The summed E-state index contributed by atoms with van der Waals surface area (Å²) in [4.78, 5) is 15.5. The Hall–Kier alpha value is -1.93. The summed E-state index contributed by atoms with van der Waals surface area (Å²) in [6, 6.07) is 16.8. The van der Waals surface area contributed by atoms with Crippen molar-refractivity contribution in [1.29, 1.82) is 0 Å². The van der Waals surface area contributed by atoms with Crippen molar-refractivity contribution in [2.24, 2.45) is 5.92 Å². The van der Waals surface area contributed by atoms with Gasteiger partial charge in [0.15, 0.2) is 0 Å². The largest absolute Gasteiger partial charge is 0.352 e. The highest BCUT2D eigenvalue weighted by Gasteiger charge is 2.33. The van der Waals surface area contributed by atoms with Gasteiger partial charge in [-0.3, -0.25) is 9.69 Å². The fraction of sp³-hybridized carbons (Fsp3) is 0.458. The lowest BCUT2D eigenvalue weighted by Gasteiger charge is -2.35. The summed E-state index contributed by atoms with van der Waals surface area (Å²) in [5.41, 5.74) is 1.29. The van der Waals surface area contributed by atoms with E-state index < -0.39 is 10.0 Å². The Morgan fingerprint density at radius 1 is 0.969 bits per heavy atom. The minimum Gasteiger partial charge on any atom is -0.352 e. The van der Waals surface area contributed by atoms with Gasteiger partial charge in [0, 0.05) is 43.2 Å². The van der Waals surface area contributed by atoms with E-state index in [1.54, 1.807) is 12.1 Å². The van der Waals surface area contributed by atoms with Crippen LogP contribution in [0.25, 0.3) is 0 Å². The number of carbonyl (C=O) groups excluding carboxylic acids is 1. The van der Waals surface area contributed by atoms with Crippen LogP contribution in [-0.2, 0) is 21.4 Å². The van der Waals surface area contributed by atoms with Gasteiger partial charge in [0.2, 0.25) is 15.9 Å². The van der Waals surface area contributed by atoms with E-state index in [4.69, 9.17) is 11.6 Å². The molecule has 1 amide bonds. The Morgan fingerprint density at radius 3 is 2.34 bits per heavy atom. The molecule has 1 atom stereocenters. The van der Waals surface area contributed by atoms with Gasteiger partial charge in [0.25, 0.3) is 0 Å². The third-order valence-electron chi connectivity index (χ3n) is 6.38. The first-order chi connectivity index (χ1) is 15.4. The van der Waals surface area contributed by atoms with Gasteiger partial charge in [-0.25, -0.2) is 8.42 Å². The summed E-state index contributed by atoms with van der Waals surface area (Å²) in [7, 11) is -3.56. The maximum Gasteiger partial charge on any atom is 0.243 e. The van der Waals surface area contributed by atoms with E-state index in [0.29, 0.717) is 31.0 Å². The number of nitrogens with zero attached hydrogens (tertiary/aromatic N) is 2. The Kier molecular flexibility index (Phi) is 7.51. The van der Waals surface area contributed by atoms with Crippen LogP contribution in [0.5, 0.6) is 0 Å². The monoisotopic (exact) mass is 475 g/mol. The predicted octanol–water partition coefficient (Wildman–Crippen LogP) is 3.52. The summed E-state index contributed by atoms with van der Waals surface area (Å²) in [6.07, 6.45) is 3.13. The number of nitrogens with one attached hydrogen (secondary N) is 1. The molecule has 1 N–H and O–H groups in total. The van der Waals surface area contributed by atoms with Crippen molar-refractivity contribution in [1.82, 2.24) is 14.5 Å². The molecule has 6 nitrogen and oxygen atoms in total. The van der Waals surface area contributed by atoms with E-state index in [9.17, 15) is 13.2 Å². The number of hydrogen-bond donors (Lipinski definition) is 1. The second-order valence-corrected chi connectivity index (χ2v) is 11.1. The minimum atomic E-state index is -3.56. The minimum absolute atomic E-state index is 0.0556. The van der Waals surface area contributed by atoms with E-state index >= 15 is 0 Å². The van der Waals surface area contributed by atoms with E-state index in [-0.39, 0.29) is 22.8 Å². The molecule has 0 saturated carbocycles. The topological polar surface area (TPSA) is 69.7 Å². The summed E-state index contributed by atoms with van der Waals surface area (Å²) in [5.74, 6) is -0.0868. The van der Waals surface area contributed by atoms with Crippen molar-refractivity contribution in [3.63, 3.8) is 0 Å². The van der Waals surface area contributed by atoms with Crippen LogP contribution < -0.4 is 5.32 Å². The number of benzene rings is 2. The lowest BCUT2D eigenvalue weighted by Crippen LogP contribution is -2.50. The molecule has 2 aromatic rings. The summed E-state index contributed by atoms with van der Waals surface area (Å²) < 4.78 is 27.2. The van der Waals surface area contributed by atoms with E-state index in [1.165, 1.54) is 22.0 Å². The van der Waals surface area contributed by atoms with Gasteiger partial charge >= 0.3 is 0 Å². The molecule has 0 bridgehead atoms. The van der Waals surface area contributed by atoms with Crippen LogP contribution in [0.2, 0.25) is 5.02 Å². The van der Waals surface area contributed by atoms with Crippen LogP contribution in [-0.4, -0.2) is 55.8 Å². The zero-order chi connectivity index (χ0) is 22.6. The van der Waals surface area contributed by atoms with Crippen molar-refractivity contribution >= 4 is 27.5 Å². The number of piperidine rings is 2. The average molecular weight is 476 g/mol. The van der Waals surface area contributed by atoms with Crippen molar-refractivity contribution in [3.8, 4) is 0 Å². The Labute approximate surface area is 195 Å². The first-order valence-corrected chi connectivity index (χ1v) is 13.1. The fourth-order valence-corrected chi connectivity index (χ4v) is 6.19. The highest BCUT2D eigenvalue weighted by molar-refractivity contribution is 7.89. The molecule has 2 aliphatic heterocycles. The first kappa shape index (κ1) is 23.2. The van der Waals surface area contributed by atoms with E-state index in [2.05, 4.69) is 34.5 Å². The molecule has 0 aromatic heterocycles. The van der Waals surface area contributed by atoms with Gasteiger partial charge < -0.3 is 5.32 Å². The smallest absolute Gasteiger partial charge is 0.243 e. The molecule has 8 heteroatoms. The molecule has 2 aromatic carbocycles. The van der Waals surface area contributed by atoms with E-state index in [1.807, 2.05) is 6.07 Å². The van der Waals surface area contributed by atoms with Crippen LogP contribution in [0.15, 0.2) is 59.5 Å². The maximum atomic E-state index is 12.9. The number of hydrogen-bond acceptors (Lipinski definition) is 4. The Bertz CT molecular complexity index is 1010. The van der Waals surface area contributed by atoms with Crippen molar-refractivity contribution in [2.75, 3.05) is 26.2 Å². The summed E-state index contributed by atoms with van der Waals surface area (Å²) >= 11 is 5.88. The molecule has 0 radical (unpaired) electrons. The van der Waals surface area contributed by atoms with Crippen molar-refractivity contribution < 1.29 is 13.2 Å². The zero-order valence-corrected chi connectivity index (χ0v) is 19.7. The molecule has 0 aliphatic carbocycles. The fourth-order valence-electron chi connectivity index (χ4n) is 4.59. The quantitative estimate of drug-likeness (QED) is 0.694. The summed E-state index contributed by atoms with van der Waals surface area (Å²) in [6.45, 7) is 3.50. The first-order valence-electron chi connectivity index (χ1n) is 11.2. The molecular weight excluding hydrogens is 446 g/mol. The predicted molar refractivity (Wildman–Crippen MR) is 126 cm³/mol. The van der Waals surface area contributed by atoms with Gasteiger partial charge in [-0.2, -0.15) is 4.31 Å². The second kappa shape index (κ2) is 10.3. The van der Waals surface area contributed by atoms with Gasteiger partial charge in [-0.1, -0.05) is 41.9 Å². The highest BCUT2D eigenvalue weighted by atomic mass is 35.5. The number of sulfonamides is 1. The molecule has 2 saturated heterocycles. The van der Waals surface area contributed by atoms with E-state index in [0.717, 1.165) is 32.5 Å². The molecule has 2 heterocycles. The van der Waals surface area contributed by atoms with Gasteiger partial charge in [-0.05, 0) is 62.1 Å². The van der Waals surface area contributed by atoms with Crippen LogP contribution in [0.3, 0.4) is 0 Å². The van der Waals surface area contributed by atoms with Crippen molar-refractivity contribution in [2.45, 2.75) is 43.2 Å². The molecule has 1 unspecified atom stereocenters. The third kappa shape index (κ3) is 5.70. The molecule has 4 rings (SSSR count). The average Bonchev–Trinajstić information content (AvgIpc) is 2.80. The Morgan fingerprint density at radius 2 is 1.66 bits per heavy atom. The van der Waals surface area contributed by atoms with Gasteiger partial charge in [0.05, 0.1) is 4.90 Å². The van der Waals surface area contributed by atoms with Crippen LogP contribution in [0.1, 0.15) is 31.2 Å². The summed E-state index contributed by atoms with van der Waals surface area (Å²) in [5, 5.41) is 3.74. The second-order valence-electron chi connectivity index (χ2n) is 8.70. The number of likely N-dealkylation sites (tertiary alicyclic amines) is 1. The number of amides is 1. The number of halogens is 1. The van der Waals surface area contributed by atoms with Gasteiger partial charge in [0.1, 0.15) is 0 Å². The molecule has 32 heavy (non-hydrogen) atoms. The number of carbonyl (C=O) groups is 1. The van der Waals surface area contributed by atoms with Gasteiger partial charge in [-0.15, -0.1) is 0 Å². The Balaban J connectivity index is 1.27. The lowest BCUT2D eigenvalue weighted by atomic mass is 9.96. The molecular formula is C24H30ClN3O3S. The SMILES string of the molecule is O=C(NC1CCCN(Cc2ccccc2)C1)C1CCN(S(=O)(=O)c2ccc(Cl)cc2)CC1. The lowest BCUT2D eigenvalue weighted by molar-refractivity contribution is -0.127. The molecule has 2 aliphatic rings. The zero-order valence-electron chi connectivity index (χ0n) is 18.1. The standard InChI is InChI=1S/C24H30ClN3O3S/c25-21-8-10-23(11-9-21)32(30,31)28-15-12-20(13-16-28)24(29)26-22-7-4-14-27(18-22)17-19-5-2-1-3-6-19/h1-3,5-6,8-11,20,22H,4,7,12-18H2,(H,26,29). The van der Waals surface area contributed by atoms with Crippen LogP contribution in [0.4, 0.5) is 0 Å². The maximum absolute atomic E-state index is 12.9. The number of rotatable bonds is 6.